The normalized spacial score (nSPS) is 24.8. The van der Waals surface area contributed by atoms with E-state index in [9.17, 15) is 18.4 Å². The summed E-state index contributed by atoms with van der Waals surface area (Å²) in [5, 5.41) is 3.65. The highest BCUT2D eigenvalue weighted by molar-refractivity contribution is 6.30. The Morgan fingerprint density at radius 3 is 2.81 bits per heavy atom. The van der Waals surface area contributed by atoms with Crippen molar-refractivity contribution in [1.82, 2.24) is 20.2 Å². The molecule has 6 nitrogen and oxygen atoms in total. The number of aromatic amines is 1. The first-order chi connectivity index (χ1) is 12.2. The van der Waals surface area contributed by atoms with Crippen LogP contribution in [0.2, 0.25) is 5.15 Å². The van der Waals surface area contributed by atoms with Gasteiger partial charge in [-0.15, -0.1) is 0 Å². The molecule has 0 bridgehead atoms. The van der Waals surface area contributed by atoms with E-state index in [-0.39, 0.29) is 24.6 Å². The molecule has 2 N–H and O–H groups in total. The van der Waals surface area contributed by atoms with Crippen LogP contribution in [0.4, 0.5) is 8.78 Å². The van der Waals surface area contributed by atoms with Gasteiger partial charge in [0.2, 0.25) is 5.91 Å². The van der Waals surface area contributed by atoms with Crippen LogP contribution in [-0.4, -0.2) is 51.7 Å². The molecule has 26 heavy (non-hydrogen) atoms. The molecule has 2 aliphatic rings. The van der Waals surface area contributed by atoms with Crippen LogP contribution >= 0.6 is 11.6 Å². The van der Waals surface area contributed by atoms with Gasteiger partial charge in [0, 0.05) is 24.9 Å². The summed E-state index contributed by atoms with van der Waals surface area (Å²) in [4.78, 5) is 33.1. The molecule has 1 spiro atoms. The second-order valence-electron chi connectivity index (χ2n) is 7.14. The van der Waals surface area contributed by atoms with E-state index in [1.807, 2.05) is 0 Å². The summed E-state index contributed by atoms with van der Waals surface area (Å²) in [7, 11) is 0. The number of alkyl halides is 2. The van der Waals surface area contributed by atoms with Crippen molar-refractivity contribution < 1.29 is 18.4 Å². The van der Waals surface area contributed by atoms with E-state index in [2.05, 4.69) is 15.3 Å². The highest BCUT2D eigenvalue weighted by Gasteiger charge is 2.73. The molecular weight excluding hydrogens is 366 g/mol. The van der Waals surface area contributed by atoms with Crippen molar-refractivity contribution in [2.24, 2.45) is 5.41 Å². The number of halogens is 3. The average Bonchev–Trinajstić information content (AvgIpc) is 2.96. The van der Waals surface area contributed by atoms with Crippen molar-refractivity contribution in [3.8, 4) is 0 Å². The molecule has 1 saturated heterocycles. The van der Waals surface area contributed by atoms with Gasteiger partial charge >= 0.3 is 0 Å². The quantitative estimate of drug-likeness (QED) is 0.801. The molecule has 2 atom stereocenters. The Morgan fingerprint density at radius 1 is 1.42 bits per heavy atom. The fraction of sp³-hybridized carbons (Fsp3) is 0.471. The summed E-state index contributed by atoms with van der Waals surface area (Å²) in [6.45, 7) is 1.90. The maximum absolute atomic E-state index is 13.5. The van der Waals surface area contributed by atoms with E-state index in [0.29, 0.717) is 23.6 Å². The molecule has 1 aliphatic heterocycles. The van der Waals surface area contributed by atoms with Gasteiger partial charge in [-0.25, -0.2) is 13.8 Å². The van der Waals surface area contributed by atoms with Crippen LogP contribution in [0.25, 0.3) is 10.9 Å². The number of H-pyrrole nitrogens is 1. The van der Waals surface area contributed by atoms with Crippen molar-refractivity contribution in [1.29, 1.82) is 0 Å². The van der Waals surface area contributed by atoms with E-state index in [1.165, 1.54) is 11.1 Å². The van der Waals surface area contributed by atoms with Crippen LogP contribution in [0.1, 0.15) is 30.3 Å². The molecule has 2 aromatic rings. The number of carbonyl (C=O) groups excluding carboxylic acids is 2. The smallest absolute Gasteiger partial charge is 0.268 e. The number of hydrogen-bond donors (Lipinski definition) is 2. The third-order valence-electron chi connectivity index (χ3n) is 5.31. The molecule has 2 aromatic heterocycles. The zero-order valence-corrected chi connectivity index (χ0v) is 14.7. The minimum absolute atomic E-state index is 0.0512. The van der Waals surface area contributed by atoms with E-state index in [4.69, 9.17) is 11.6 Å². The molecule has 0 unspecified atom stereocenters. The van der Waals surface area contributed by atoms with Gasteiger partial charge in [-0.1, -0.05) is 11.6 Å². The van der Waals surface area contributed by atoms with Gasteiger partial charge in [0.05, 0.1) is 17.1 Å². The topological polar surface area (TPSA) is 78.1 Å². The summed E-state index contributed by atoms with van der Waals surface area (Å²) in [5.41, 5.74) is -0.123. The second-order valence-corrected chi connectivity index (χ2v) is 7.53. The van der Waals surface area contributed by atoms with Gasteiger partial charge in [0.1, 0.15) is 16.9 Å². The van der Waals surface area contributed by atoms with Crippen LogP contribution in [0.5, 0.6) is 0 Å². The lowest BCUT2D eigenvalue weighted by atomic mass is 10.1. The monoisotopic (exact) mass is 382 g/mol. The van der Waals surface area contributed by atoms with Gasteiger partial charge in [-0.3, -0.25) is 9.59 Å². The van der Waals surface area contributed by atoms with Crippen molar-refractivity contribution in [3.63, 3.8) is 0 Å². The number of nitrogens with one attached hydrogen (secondary N) is 2. The third kappa shape index (κ3) is 2.72. The predicted octanol–water partition coefficient (Wildman–Crippen LogP) is 2.59. The van der Waals surface area contributed by atoms with Gasteiger partial charge < -0.3 is 15.2 Å². The summed E-state index contributed by atoms with van der Waals surface area (Å²) in [5.74, 6) is -3.48. The zero-order valence-electron chi connectivity index (χ0n) is 14.0. The minimum Gasteiger partial charge on any atom is -0.349 e. The number of rotatable bonds is 3. The zero-order chi connectivity index (χ0) is 18.7. The number of aromatic nitrogens is 2. The van der Waals surface area contributed by atoms with Crippen LogP contribution in [0.15, 0.2) is 18.3 Å². The molecule has 3 heterocycles. The summed E-state index contributed by atoms with van der Waals surface area (Å²) < 4.78 is 26.9. The first-order valence-corrected chi connectivity index (χ1v) is 8.70. The number of nitrogens with zero attached hydrogens (tertiary/aromatic N) is 2. The van der Waals surface area contributed by atoms with Crippen molar-refractivity contribution in [2.45, 2.75) is 31.7 Å². The van der Waals surface area contributed by atoms with E-state index in [1.54, 1.807) is 19.1 Å². The number of pyridine rings is 1. The Hall–Kier alpha value is -2.22. The van der Waals surface area contributed by atoms with E-state index < -0.39 is 23.3 Å². The molecular formula is C17H17ClF2N4O2. The number of carbonyl (C=O) groups is 2. The number of fused-ring (bicyclic) bond motifs is 1. The predicted molar refractivity (Wildman–Crippen MR) is 91.2 cm³/mol. The van der Waals surface area contributed by atoms with Crippen molar-refractivity contribution >= 4 is 34.3 Å². The van der Waals surface area contributed by atoms with Crippen LogP contribution < -0.4 is 5.32 Å². The van der Waals surface area contributed by atoms with E-state index in [0.717, 1.165) is 5.39 Å². The molecule has 9 heteroatoms. The molecule has 4 rings (SSSR count). The molecule has 2 fully saturated rings. The molecule has 0 radical (unpaired) electrons. The highest BCUT2D eigenvalue weighted by atomic mass is 35.5. The maximum atomic E-state index is 13.5. The Kier molecular flexibility index (Phi) is 3.73. The number of amides is 2. The standard InChI is InChI=1S/C17H17ClF2N4O2/c1-9(15(26)24-3-2-16(8-24)7-17(16,19)20)22-14(25)11-4-10-5-13(18)21-6-12(10)23-11/h4-6,9,23H,2-3,7-8H2,1H3,(H,22,25)/t9-,16+/m1/s1. The molecule has 1 aliphatic carbocycles. The SMILES string of the molecule is C[C@@H](NC(=O)c1cc2cc(Cl)ncc2[nH]1)C(=O)N1CC[C@@]2(C1)CC2(F)F. The van der Waals surface area contributed by atoms with E-state index >= 15 is 0 Å². The first kappa shape index (κ1) is 17.2. The molecule has 2 amide bonds. The van der Waals surface area contributed by atoms with Crippen LogP contribution in [0.3, 0.4) is 0 Å². The summed E-state index contributed by atoms with van der Waals surface area (Å²) in [6.07, 6.45) is 1.67. The summed E-state index contributed by atoms with van der Waals surface area (Å²) >= 11 is 5.83. The maximum Gasteiger partial charge on any atom is 0.268 e. The fourth-order valence-corrected chi connectivity index (χ4v) is 3.79. The summed E-state index contributed by atoms with van der Waals surface area (Å²) in [6, 6.07) is 2.43. The second kappa shape index (κ2) is 5.64. The molecule has 138 valence electrons. The van der Waals surface area contributed by atoms with Gasteiger partial charge in [-0.2, -0.15) is 0 Å². The lowest BCUT2D eigenvalue weighted by Crippen LogP contribution is -2.46. The van der Waals surface area contributed by atoms with Crippen LogP contribution in [-0.2, 0) is 4.79 Å². The minimum atomic E-state index is -2.67. The van der Waals surface area contributed by atoms with Gasteiger partial charge in [0.15, 0.2) is 0 Å². The number of likely N-dealkylation sites (tertiary alicyclic amines) is 1. The lowest BCUT2D eigenvalue weighted by molar-refractivity contribution is -0.132. The molecule has 1 saturated carbocycles. The van der Waals surface area contributed by atoms with Gasteiger partial charge in [0.25, 0.3) is 11.8 Å². The number of hydrogen-bond acceptors (Lipinski definition) is 3. The fourth-order valence-electron chi connectivity index (χ4n) is 3.62. The Morgan fingerprint density at radius 2 is 2.15 bits per heavy atom. The van der Waals surface area contributed by atoms with Crippen molar-refractivity contribution in [2.75, 3.05) is 13.1 Å². The highest BCUT2D eigenvalue weighted by Crippen LogP contribution is 2.65. The van der Waals surface area contributed by atoms with Gasteiger partial charge in [-0.05, 0) is 25.5 Å². The first-order valence-electron chi connectivity index (χ1n) is 8.33. The largest absolute Gasteiger partial charge is 0.349 e. The van der Waals surface area contributed by atoms with Crippen LogP contribution in [0, 0.1) is 5.41 Å². The third-order valence-corrected chi connectivity index (χ3v) is 5.52. The Balaban J connectivity index is 1.41. The average molecular weight is 383 g/mol. The Bertz CT molecular complexity index is 915. The lowest BCUT2D eigenvalue weighted by Gasteiger charge is -2.21. The molecule has 0 aromatic carbocycles. The van der Waals surface area contributed by atoms with Crippen molar-refractivity contribution in [3.05, 3.63) is 29.2 Å². The Labute approximate surface area is 152 Å².